The van der Waals surface area contributed by atoms with Crippen molar-refractivity contribution in [3.63, 3.8) is 0 Å². The summed E-state index contributed by atoms with van der Waals surface area (Å²) in [4.78, 5) is 5.34. The Balaban J connectivity index is 1.69. The van der Waals surface area contributed by atoms with Crippen molar-refractivity contribution in [1.82, 2.24) is 15.1 Å². The third-order valence-corrected chi connectivity index (χ3v) is 4.27. The molecule has 0 radical (unpaired) electrons. The quantitative estimate of drug-likeness (QED) is 0.808. The van der Waals surface area contributed by atoms with Crippen LogP contribution < -0.4 is 5.32 Å². The molecule has 2 saturated heterocycles. The maximum atomic E-state index is 3.67. The van der Waals surface area contributed by atoms with E-state index in [1.807, 2.05) is 0 Å². The fourth-order valence-corrected chi connectivity index (χ4v) is 3.12. The van der Waals surface area contributed by atoms with Crippen molar-refractivity contribution >= 4 is 0 Å². The first-order chi connectivity index (χ1) is 8.54. The second-order valence-electron chi connectivity index (χ2n) is 7.01. The molecule has 18 heavy (non-hydrogen) atoms. The summed E-state index contributed by atoms with van der Waals surface area (Å²) in [6.07, 6.45) is 5.59. The van der Waals surface area contributed by atoms with E-state index < -0.39 is 0 Å². The first-order valence-electron chi connectivity index (χ1n) is 7.76. The van der Waals surface area contributed by atoms with Crippen molar-refractivity contribution in [3.05, 3.63) is 0 Å². The molecule has 0 amide bonds. The fourth-order valence-electron chi connectivity index (χ4n) is 3.12. The van der Waals surface area contributed by atoms with Crippen molar-refractivity contribution in [3.8, 4) is 0 Å². The van der Waals surface area contributed by atoms with Gasteiger partial charge in [0.25, 0.3) is 0 Å². The molecule has 1 N–H and O–H groups in total. The van der Waals surface area contributed by atoms with E-state index in [1.165, 1.54) is 58.4 Å². The molecule has 0 aromatic heterocycles. The van der Waals surface area contributed by atoms with E-state index in [1.54, 1.807) is 0 Å². The van der Waals surface area contributed by atoms with Gasteiger partial charge in [-0.2, -0.15) is 0 Å². The Kier molecular flexibility index (Phi) is 5.05. The highest BCUT2D eigenvalue weighted by Crippen LogP contribution is 2.17. The summed E-state index contributed by atoms with van der Waals surface area (Å²) in [5.41, 5.74) is 0.253. The van der Waals surface area contributed by atoms with Crippen LogP contribution in [0.15, 0.2) is 0 Å². The lowest BCUT2D eigenvalue weighted by Crippen LogP contribution is -2.46. The molecule has 106 valence electrons. The molecule has 2 fully saturated rings. The predicted molar refractivity (Wildman–Crippen MR) is 78.0 cm³/mol. The Morgan fingerprint density at radius 3 is 2.39 bits per heavy atom. The summed E-state index contributed by atoms with van der Waals surface area (Å²) in [5, 5.41) is 3.67. The van der Waals surface area contributed by atoms with Crippen LogP contribution in [0.3, 0.4) is 0 Å². The lowest BCUT2D eigenvalue weighted by atomic mass is 10.1. The summed E-state index contributed by atoms with van der Waals surface area (Å²) in [6, 6.07) is 0.770. The van der Waals surface area contributed by atoms with Gasteiger partial charge in [0.1, 0.15) is 0 Å². The number of hydrogen-bond acceptors (Lipinski definition) is 3. The zero-order valence-corrected chi connectivity index (χ0v) is 12.5. The summed E-state index contributed by atoms with van der Waals surface area (Å²) < 4.78 is 0. The van der Waals surface area contributed by atoms with E-state index in [4.69, 9.17) is 0 Å². The second kappa shape index (κ2) is 6.36. The van der Waals surface area contributed by atoms with E-state index in [2.05, 4.69) is 35.9 Å². The molecule has 2 aliphatic rings. The highest BCUT2D eigenvalue weighted by Gasteiger charge is 2.26. The molecule has 0 aromatic carbocycles. The van der Waals surface area contributed by atoms with Crippen LogP contribution in [-0.4, -0.2) is 60.6 Å². The van der Waals surface area contributed by atoms with Crippen LogP contribution in [0.5, 0.6) is 0 Å². The van der Waals surface area contributed by atoms with Crippen molar-refractivity contribution < 1.29 is 0 Å². The molecule has 0 saturated carbocycles. The smallest absolute Gasteiger partial charge is 0.0221 e. The molecule has 0 aromatic rings. The van der Waals surface area contributed by atoms with Gasteiger partial charge in [-0.25, -0.2) is 0 Å². The largest absolute Gasteiger partial charge is 0.311 e. The van der Waals surface area contributed by atoms with Crippen molar-refractivity contribution in [2.45, 2.75) is 58.0 Å². The zero-order valence-electron chi connectivity index (χ0n) is 12.5. The van der Waals surface area contributed by atoms with Gasteiger partial charge in [0.2, 0.25) is 0 Å². The van der Waals surface area contributed by atoms with E-state index in [0.717, 1.165) is 12.6 Å². The third kappa shape index (κ3) is 4.52. The number of likely N-dealkylation sites (tertiary alicyclic amines) is 2. The minimum atomic E-state index is 0.253. The van der Waals surface area contributed by atoms with Gasteiger partial charge in [-0.15, -0.1) is 0 Å². The highest BCUT2D eigenvalue weighted by atomic mass is 15.2. The maximum Gasteiger partial charge on any atom is 0.0221 e. The van der Waals surface area contributed by atoms with E-state index >= 15 is 0 Å². The zero-order chi connectivity index (χ0) is 13.0. The molecule has 1 atom stereocenters. The van der Waals surface area contributed by atoms with Gasteiger partial charge in [-0.3, -0.25) is 4.90 Å². The molecule has 3 heteroatoms. The Labute approximate surface area is 113 Å². The third-order valence-electron chi connectivity index (χ3n) is 4.27. The standard InChI is InChI=1S/C15H31N3/c1-15(2,3)16-13-14-7-6-10-18(14)12-11-17-8-4-5-9-17/h14,16H,4-13H2,1-3H3. The molecule has 3 nitrogen and oxygen atoms in total. The lowest BCUT2D eigenvalue weighted by Gasteiger charge is -2.30. The van der Waals surface area contributed by atoms with Crippen LogP contribution in [0, 0.1) is 0 Å². The van der Waals surface area contributed by atoms with Gasteiger partial charge in [0.05, 0.1) is 0 Å². The average molecular weight is 253 g/mol. The molecule has 0 aliphatic carbocycles. The van der Waals surface area contributed by atoms with E-state index in [9.17, 15) is 0 Å². The number of rotatable bonds is 5. The first kappa shape index (κ1) is 14.3. The summed E-state index contributed by atoms with van der Waals surface area (Å²) >= 11 is 0. The molecule has 0 spiro atoms. The Morgan fingerprint density at radius 2 is 1.72 bits per heavy atom. The maximum absolute atomic E-state index is 3.67. The summed E-state index contributed by atoms with van der Waals surface area (Å²) in [5.74, 6) is 0. The van der Waals surface area contributed by atoms with Crippen LogP contribution in [0.4, 0.5) is 0 Å². The SMILES string of the molecule is CC(C)(C)NCC1CCCN1CCN1CCCC1. The molecule has 2 aliphatic heterocycles. The molecule has 0 bridgehead atoms. The van der Waals surface area contributed by atoms with Crippen LogP contribution in [-0.2, 0) is 0 Å². The van der Waals surface area contributed by atoms with Gasteiger partial charge in [0.15, 0.2) is 0 Å². The topological polar surface area (TPSA) is 18.5 Å². The summed E-state index contributed by atoms with van der Waals surface area (Å²) in [7, 11) is 0. The average Bonchev–Trinajstić information content (AvgIpc) is 2.94. The van der Waals surface area contributed by atoms with Crippen LogP contribution in [0.2, 0.25) is 0 Å². The van der Waals surface area contributed by atoms with Gasteiger partial charge in [-0.1, -0.05) is 0 Å². The van der Waals surface area contributed by atoms with Gasteiger partial charge < -0.3 is 10.2 Å². The predicted octanol–water partition coefficient (Wildman–Crippen LogP) is 1.93. The monoisotopic (exact) mass is 253 g/mol. The van der Waals surface area contributed by atoms with Crippen molar-refractivity contribution in [1.29, 1.82) is 0 Å². The summed E-state index contributed by atoms with van der Waals surface area (Å²) in [6.45, 7) is 14.5. The number of nitrogens with zero attached hydrogens (tertiary/aromatic N) is 2. The first-order valence-corrected chi connectivity index (χ1v) is 7.76. The van der Waals surface area contributed by atoms with Gasteiger partial charge >= 0.3 is 0 Å². The van der Waals surface area contributed by atoms with E-state index in [0.29, 0.717) is 0 Å². The van der Waals surface area contributed by atoms with Gasteiger partial charge in [0, 0.05) is 31.2 Å². The van der Waals surface area contributed by atoms with Crippen LogP contribution >= 0.6 is 0 Å². The molecular weight excluding hydrogens is 222 g/mol. The molecule has 2 rings (SSSR count). The number of hydrogen-bond donors (Lipinski definition) is 1. The Morgan fingerprint density at radius 1 is 1.00 bits per heavy atom. The van der Waals surface area contributed by atoms with Gasteiger partial charge in [-0.05, 0) is 66.1 Å². The number of nitrogens with one attached hydrogen (secondary N) is 1. The Bertz CT molecular complexity index is 241. The molecular formula is C15H31N3. The second-order valence-corrected chi connectivity index (χ2v) is 7.01. The van der Waals surface area contributed by atoms with Crippen molar-refractivity contribution in [2.75, 3.05) is 39.3 Å². The molecule has 1 unspecified atom stereocenters. The minimum Gasteiger partial charge on any atom is -0.311 e. The van der Waals surface area contributed by atoms with Crippen LogP contribution in [0.1, 0.15) is 46.5 Å². The molecule has 2 heterocycles. The van der Waals surface area contributed by atoms with Crippen molar-refractivity contribution in [2.24, 2.45) is 0 Å². The minimum absolute atomic E-state index is 0.253. The van der Waals surface area contributed by atoms with E-state index in [-0.39, 0.29) is 5.54 Å². The normalized spacial score (nSPS) is 27.2. The lowest BCUT2D eigenvalue weighted by molar-refractivity contribution is 0.201. The highest BCUT2D eigenvalue weighted by molar-refractivity contribution is 4.84. The fraction of sp³-hybridized carbons (Fsp3) is 1.00. The van der Waals surface area contributed by atoms with Crippen LogP contribution in [0.25, 0.3) is 0 Å². The Hall–Kier alpha value is -0.120.